The van der Waals surface area contributed by atoms with Gasteiger partial charge in [-0.3, -0.25) is 4.57 Å². The summed E-state index contributed by atoms with van der Waals surface area (Å²) in [5.74, 6) is 0.246. The van der Waals surface area contributed by atoms with Gasteiger partial charge in [0.1, 0.15) is 17.3 Å². The molecule has 3 heterocycles. The molecule has 2 aromatic rings. The Hall–Kier alpha value is -3.19. The standard InChI is InChI=1S/C16H18N6O4/c1-9-6-22(11(8-23)7-21(9)16(25)26)14-13-12(20(2)15(24)19-14)4-3-10(5-17)18-13/h3-4,9,11,23H,6-8H2,1-2H3,(H,25,26)/t9-,11-/m1/s1. The molecule has 1 fully saturated rings. The zero-order valence-corrected chi connectivity index (χ0v) is 14.3. The van der Waals surface area contributed by atoms with Crippen LogP contribution in [0.4, 0.5) is 10.6 Å². The molecule has 26 heavy (non-hydrogen) atoms. The number of nitriles is 1. The number of hydrogen-bond acceptors (Lipinski definition) is 7. The molecule has 1 aliphatic rings. The van der Waals surface area contributed by atoms with Crippen molar-refractivity contribution in [2.24, 2.45) is 7.05 Å². The van der Waals surface area contributed by atoms with Crippen LogP contribution in [0.3, 0.4) is 0 Å². The first-order chi connectivity index (χ1) is 12.4. The molecular formula is C16H18N6O4. The number of anilines is 1. The second-order valence-electron chi connectivity index (χ2n) is 6.23. The quantitative estimate of drug-likeness (QED) is 0.750. The number of aliphatic hydroxyl groups is 1. The molecule has 0 spiro atoms. The molecule has 0 saturated carbocycles. The molecule has 3 rings (SSSR count). The van der Waals surface area contributed by atoms with Crippen molar-refractivity contribution in [1.82, 2.24) is 19.4 Å². The number of aryl methyl sites for hydroxylation is 1. The second kappa shape index (κ2) is 6.61. The van der Waals surface area contributed by atoms with Crippen molar-refractivity contribution < 1.29 is 15.0 Å². The molecule has 1 aliphatic heterocycles. The fraction of sp³-hybridized carbons (Fsp3) is 0.438. The Balaban J connectivity index is 2.17. The van der Waals surface area contributed by atoms with E-state index >= 15 is 0 Å². The molecule has 10 nitrogen and oxygen atoms in total. The number of carbonyl (C=O) groups is 1. The largest absolute Gasteiger partial charge is 0.465 e. The van der Waals surface area contributed by atoms with Gasteiger partial charge in [-0.1, -0.05) is 0 Å². The Morgan fingerprint density at radius 3 is 2.73 bits per heavy atom. The first-order valence-corrected chi connectivity index (χ1v) is 8.02. The normalized spacial score (nSPS) is 20.2. The SMILES string of the molecule is C[C@@H]1CN(c2nc(=O)n(C)c3ccc(C#N)nc23)[C@@H](CO)CN1C(=O)O. The monoisotopic (exact) mass is 358 g/mol. The topological polar surface area (TPSA) is 136 Å². The number of aliphatic hydroxyl groups excluding tert-OH is 1. The van der Waals surface area contributed by atoms with Crippen molar-refractivity contribution in [2.45, 2.75) is 19.0 Å². The lowest BCUT2D eigenvalue weighted by Crippen LogP contribution is -2.60. The Kier molecular flexibility index (Phi) is 4.48. The average Bonchev–Trinajstić information content (AvgIpc) is 2.63. The predicted octanol–water partition coefficient (Wildman–Crippen LogP) is -0.250. The zero-order valence-electron chi connectivity index (χ0n) is 14.3. The first kappa shape index (κ1) is 17.6. The van der Waals surface area contributed by atoms with Gasteiger partial charge in [0, 0.05) is 26.2 Å². The van der Waals surface area contributed by atoms with Gasteiger partial charge in [0.15, 0.2) is 5.82 Å². The van der Waals surface area contributed by atoms with Gasteiger partial charge in [-0.15, -0.1) is 0 Å². The van der Waals surface area contributed by atoms with Crippen molar-refractivity contribution in [3.8, 4) is 6.07 Å². The van der Waals surface area contributed by atoms with Gasteiger partial charge >= 0.3 is 11.8 Å². The van der Waals surface area contributed by atoms with Crippen molar-refractivity contribution in [1.29, 1.82) is 5.26 Å². The summed E-state index contributed by atoms with van der Waals surface area (Å²) in [4.78, 5) is 34.9. The van der Waals surface area contributed by atoms with E-state index in [2.05, 4.69) is 9.97 Å². The van der Waals surface area contributed by atoms with Crippen LogP contribution in [0.25, 0.3) is 11.0 Å². The Morgan fingerprint density at radius 2 is 2.12 bits per heavy atom. The minimum absolute atomic E-state index is 0.0727. The van der Waals surface area contributed by atoms with Crippen LogP contribution in [0, 0.1) is 11.3 Å². The number of aromatic nitrogens is 3. The van der Waals surface area contributed by atoms with Crippen LogP contribution in [-0.2, 0) is 7.05 Å². The third kappa shape index (κ3) is 2.82. The average molecular weight is 358 g/mol. The second-order valence-corrected chi connectivity index (χ2v) is 6.23. The van der Waals surface area contributed by atoms with E-state index in [0.29, 0.717) is 11.0 Å². The Morgan fingerprint density at radius 1 is 1.38 bits per heavy atom. The molecule has 1 amide bonds. The van der Waals surface area contributed by atoms with Gasteiger partial charge < -0.3 is 20.0 Å². The number of rotatable bonds is 2. The first-order valence-electron chi connectivity index (χ1n) is 8.02. The lowest BCUT2D eigenvalue weighted by Gasteiger charge is -2.44. The molecule has 0 aliphatic carbocycles. The van der Waals surface area contributed by atoms with E-state index in [9.17, 15) is 19.8 Å². The number of carboxylic acid groups (broad SMARTS) is 1. The van der Waals surface area contributed by atoms with Gasteiger partial charge in [-0.05, 0) is 19.1 Å². The number of piperazine rings is 1. The highest BCUT2D eigenvalue weighted by Crippen LogP contribution is 2.27. The molecule has 0 unspecified atom stereocenters. The molecule has 136 valence electrons. The molecule has 2 atom stereocenters. The summed E-state index contributed by atoms with van der Waals surface area (Å²) in [5.41, 5.74) is 0.547. The summed E-state index contributed by atoms with van der Waals surface area (Å²) in [5, 5.41) is 28.2. The molecule has 0 bridgehead atoms. The van der Waals surface area contributed by atoms with Gasteiger partial charge in [-0.25, -0.2) is 14.6 Å². The Labute approximate surface area is 148 Å². The van der Waals surface area contributed by atoms with Gasteiger partial charge in [0.2, 0.25) is 0 Å². The van der Waals surface area contributed by atoms with Crippen molar-refractivity contribution in [3.63, 3.8) is 0 Å². The fourth-order valence-corrected chi connectivity index (χ4v) is 3.19. The number of hydrogen-bond donors (Lipinski definition) is 2. The van der Waals surface area contributed by atoms with Crippen LogP contribution in [0.2, 0.25) is 0 Å². The van der Waals surface area contributed by atoms with E-state index in [0.717, 1.165) is 0 Å². The third-order valence-corrected chi connectivity index (χ3v) is 4.62. The van der Waals surface area contributed by atoms with Gasteiger partial charge in [-0.2, -0.15) is 10.2 Å². The van der Waals surface area contributed by atoms with E-state index in [1.807, 2.05) is 6.07 Å². The highest BCUT2D eigenvalue weighted by atomic mass is 16.4. The number of pyridine rings is 1. The van der Waals surface area contributed by atoms with E-state index in [-0.39, 0.29) is 37.3 Å². The maximum Gasteiger partial charge on any atom is 0.407 e. The van der Waals surface area contributed by atoms with Crippen LogP contribution in [0.1, 0.15) is 12.6 Å². The minimum atomic E-state index is -1.07. The summed E-state index contributed by atoms with van der Waals surface area (Å²) in [6, 6.07) is 4.16. The highest BCUT2D eigenvalue weighted by Gasteiger charge is 2.35. The van der Waals surface area contributed by atoms with Crippen LogP contribution in [0.15, 0.2) is 16.9 Å². The van der Waals surface area contributed by atoms with E-state index in [1.54, 1.807) is 24.9 Å². The fourth-order valence-electron chi connectivity index (χ4n) is 3.19. The Bertz CT molecular complexity index is 966. The maximum atomic E-state index is 12.3. The molecule has 2 aromatic heterocycles. The molecule has 10 heteroatoms. The van der Waals surface area contributed by atoms with Crippen LogP contribution >= 0.6 is 0 Å². The third-order valence-electron chi connectivity index (χ3n) is 4.62. The smallest absolute Gasteiger partial charge is 0.407 e. The maximum absolute atomic E-state index is 12.3. The highest BCUT2D eigenvalue weighted by molar-refractivity contribution is 5.86. The molecule has 2 N–H and O–H groups in total. The number of nitrogens with zero attached hydrogens (tertiary/aromatic N) is 6. The van der Waals surface area contributed by atoms with Crippen LogP contribution in [-0.4, -0.2) is 67.5 Å². The number of fused-ring (bicyclic) bond motifs is 1. The summed E-state index contributed by atoms with van der Waals surface area (Å²) < 4.78 is 1.33. The van der Waals surface area contributed by atoms with Crippen LogP contribution < -0.4 is 10.6 Å². The van der Waals surface area contributed by atoms with Gasteiger partial charge in [0.05, 0.1) is 18.2 Å². The van der Waals surface area contributed by atoms with Crippen molar-refractivity contribution >= 4 is 22.9 Å². The summed E-state index contributed by atoms with van der Waals surface area (Å²) in [7, 11) is 1.56. The summed E-state index contributed by atoms with van der Waals surface area (Å²) in [6.07, 6.45) is -1.07. The lowest BCUT2D eigenvalue weighted by atomic mass is 10.1. The summed E-state index contributed by atoms with van der Waals surface area (Å²) >= 11 is 0. The van der Waals surface area contributed by atoms with Crippen LogP contribution in [0.5, 0.6) is 0 Å². The zero-order chi connectivity index (χ0) is 19.0. The predicted molar refractivity (Wildman–Crippen MR) is 91.9 cm³/mol. The van der Waals surface area contributed by atoms with Crippen molar-refractivity contribution in [2.75, 3.05) is 24.6 Å². The molecule has 0 aromatic carbocycles. The van der Waals surface area contributed by atoms with E-state index in [4.69, 9.17) is 5.26 Å². The van der Waals surface area contributed by atoms with E-state index < -0.39 is 17.8 Å². The molecular weight excluding hydrogens is 340 g/mol. The molecule has 1 saturated heterocycles. The minimum Gasteiger partial charge on any atom is -0.465 e. The lowest BCUT2D eigenvalue weighted by molar-refractivity contribution is 0.101. The summed E-state index contributed by atoms with van der Waals surface area (Å²) in [6.45, 7) is 1.74. The van der Waals surface area contributed by atoms with E-state index in [1.165, 1.54) is 15.5 Å². The van der Waals surface area contributed by atoms with Crippen molar-refractivity contribution in [3.05, 3.63) is 28.3 Å². The molecule has 0 radical (unpaired) electrons. The number of amides is 1. The van der Waals surface area contributed by atoms with Gasteiger partial charge in [0.25, 0.3) is 0 Å².